The highest BCUT2D eigenvalue weighted by molar-refractivity contribution is 5.98. The first kappa shape index (κ1) is 17.0. The first-order valence-electron chi connectivity index (χ1n) is 8.40. The van der Waals surface area contributed by atoms with Crippen molar-refractivity contribution in [2.24, 2.45) is 0 Å². The van der Waals surface area contributed by atoms with Crippen LogP contribution >= 0.6 is 0 Å². The van der Waals surface area contributed by atoms with E-state index in [1.165, 1.54) is 0 Å². The number of benzene rings is 2. The fraction of sp³-hybridized carbons (Fsp3) is 0.250. The molecule has 0 radical (unpaired) electrons. The van der Waals surface area contributed by atoms with Crippen molar-refractivity contribution in [2.45, 2.75) is 25.9 Å². The lowest BCUT2D eigenvalue weighted by Gasteiger charge is -2.17. The number of aromatic hydroxyl groups is 1. The summed E-state index contributed by atoms with van der Waals surface area (Å²) in [6.07, 6.45) is 0.495. The van der Waals surface area contributed by atoms with E-state index in [0.717, 1.165) is 16.5 Å². The third-order valence-corrected chi connectivity index (χ3v) is 4.33. The minimum Gasteiger partial charge on any atom is -0.508 e. The van der Waals surface area contributed by atoms with E-state index in [4.69, 9.17) is 0 Å². The van der Waals surface area contributed by atoms with Gasteiger partial charge in [-0.15, -0.1) is 0 Å². The molecule has 0 aliphatic heterocycles. The number of aliphatic hydroxyl groups excluding tert-OH is 1. The monoisotopic (exact) mass is 338 g/mol. The Kier molecular flexibility index (Phi) is 5.05. The number of phenolic OH excluding ortho intramolecular Hbond substituents is 1. The molecule has 1 aromatic heterocycles. The molecule has 2 aromatic carbocycles. The quantitative estimate of drug-likeness (QED) is 0.647. The summed E-state index contributed by atoms with van der Waals surface area (Å²) < 4.78 is 1.97. The van der Waals surface area contributed by atoms with E-state index in [0.29, 0.717) is 18.7 Å². The van der Waals surface area contributed by atoms with Crippen molar-refractivity contribution in [3.63, 3.8) is 0 Å². The van der Waals surface area contributed by atoms with Crippen LogP contribution in [-0.4, -0.2) is 33.3 Å². The van der Waals surface area contributed by atoms with Crippen molar-refractivity contribution in [1.82, 2.24) is 9.88 Å². The first-order chi connectivity index (χ1) is 12.1. The van der Waals surface area contributed by atoms with Gasteiger partial charge >= 0.3 is 0 Å². The van der Waals surface area contributed by atoms with Crippen LogP contribution in [0.15, 0.2) is 54.6 Å². The number of hydrogen-bond acceptors (Lipinski definition) is 3. The molecule has 0 saturated carbocycles. The Balaban J connectivity index is 1.79. The number of aromatic nitrogens is 1. The lowest BCUT2D eigenvalue weighted by atomic mass is 10.1. The van der Waals surface area contributed by atoms with E-state index in [2.05, 4.69) is 5.32 Å². The molecule has 0 unspecified atom stereocenters. The minimum atomic E-state index is -0.389. The SMILES string of the molecule is CCn1c(C(=O)N[C@H](CO)Cc2ccc(O)cc2)cc2ccccc21. The molecule has 1 heterocycles. The number of fused-ring (bicyclic) bond motifs is 1. The summed E-state index contributed by atoms with van der Waals surface area (Å²) >= 11 is 0. The maximum atomic E-state index is 12.7. The molecule has 0 saturated heterocycles. The predicted octanol–water partition coefficient (Wildman–Crippen LogP) is 2.70. The van der Waals surface area contributed by atoms with Crippen LogP contribution in [0, 0.1) is 0 Å². The highest BCUT2D eigenvalue weighted by atomic mass is 16.3. The molecule has 1 atom stereocenters. The van der Waals surface area contributed by atoms with Gasteiger partial charge in [0.05, 0.1) is 12.6 Å². The fourth-order valence-electron chi connectivity index (χ4n) is 3.08. The summed E-state index contributed by atoms with van der Waals surface area (Å²) in [7, 11) is 0. The molecule has 5 heteroatoms. The largest absolute Gasteiger partial charge is 0.508 e. The maximum absolute atomic E-state index is 12.7. The molecule has 0 fully saturated rings. The van der Waals surface area contributed by atoms with Crippen LogP contribution in [0.5, 0.6) is 5.75 Å². The average Bonchev–Trinajstić information content (AvgIpc) is 3.01. The number of nitrogens with zero attached hydrogens (tertiary/aromatic N) is 1. The summed E-state index contributed by atoms with van der Waals surface area (Å²) in [5, 5.41) is 22.9. The van der Waals surface area contributed by atoms with Crippen molar-refractivity contribution >= 4 is 16.8 Å². The zero-order valence-corrected chi connectivity index (χ0v) is 14.1. The molecule has 0 bridgehead atoms. The summed E-state index contributed by atoms with van der Waals surface area (Å²) in [5.41, 5.74) is 2.55. The number of aryl methyl sites for hydroxylation is 1. The highest BCUT2D eigenvalue weighted by Gasteiger charge is 2.18. The molecule has 3 N–H and O–H groups in total. The number of amides is 1. The van der Waals surface area contributed by atoms with Gasteiger partial charge in [0.25, 0.3) is 5.91 Å². The minimum absolute atomic E-state index is 0.154. The van der Waals surface area contributed by atoms with Crippen molar-refractivity contribution in [3.8, 4) is 5.75 Å². The van der Waals surface area contributed by atoms with Gasteiger partial charge in [-0.3, -0.25) is 4.79 Å². The van der Waals surface area contributed by atoms with Crippen LogP contribution in [0.3, 0.4) is 0 Å². The number of phenols is 1. The fourth-order valence-corrected chi connectivity index (χ4v) is 3.08. The predicted molar refractivity (Wildman–Crippen MR) is 97.8 cm³/mol. The van der Waals surface area contributed by atoms with E-state index in [9.17, 15) is 15.0 Å². The normalized spacial score (nSPS) is 12.2. The second-order valence-corrected chi connectivity index (χ2v) is 6.06. The number of para-hydroxylation sites is 1. The Morgan fingerprint density at radius 1 is 1.16 bits per heavy atom. The Bertz CT molecular complexity index is 868. The molecule has 25 heavy (non-hydrogen) atoms. The third-order valence-electron chi connectivity index (χ3n) is 4.33. The van der Waals surface area contributed by atoms with Gasteiger partial charge in [-0.1, -0.05) is 30.3 Å². The van der Waals surface area contributed by atoms with Gasteiger partial charge < -0.3 is 20.1 Å². The van der Waals surface area contributed by atoms with E-state index in [-0.39, 0.29) is 24.3 Å². The van der Waals surface area contributed by atoms with Crippen molar-refractivity contribution in [2.75, 3.05) is 6.61 Å². The molecule has 0 spiro atoms. The van der Waals surface area contributed by atoms with Crippen LogP contribution in [0.1, 0.15) is 23.0 Å². The zero-order chi connectivity index (χ0) is 17.8. The molecule has 1 amide bonds. The zero-order valence-electron chi connectivity index (χ0n) is 14.1. The maximum Gasteiger partial charge on any atom is 0.268 e. The van der Waals surface area contributed by atoms with E-state index < -0.39 is 0 Å². The lowest BCUT2D eigenvalue weighted by molar-refractivity contribution is 0.0907. The number of rotatable bonds is 6. The molecule has 5 nitrogen and oxygen atoms in total. The Labute approximate surface area is 146 Å². The van der Waals surface area contributed by atoms with Crippen LogP contribution in [0.2, 0.25) is 0 Å². The second-order valence-electron chi connectivity index (χ2n) is 6.06. The summed E-state index contributed by atoms with van der Waals surface area (Å²) in [6, 6.07) is 16.1. The van der Waals surface area contributed by atoms with Crippen LogP contribution in [0.4, 0.5) is 0 Å². The van der Waals surface area contributed by atoms with Crippen molar-refractivity contribution in [1.29, 1.82) is 0 Å². The molecular weight excluding hydrogens is 316 g/mol. The lowest BCUT2D eigenvalue weighted by Crippen LogP contribution is -2.39. The van der Waals surface area contributed by atoms with Gasteiger partial charge in [-0.25, -0.2) is 0 Å². The van der Waals surface area contributed by atoms with Gasteiger partial charge in [0.1, 0.15) is 11.4 Å². The Morgan fingerprint density at radius 2 is 1.88 bits per heavy atom. The van der Waals surface area contributed by atoms with Gasteiger partial charge in [0, 0.05) is 17.4 Å². The third kappa shape index (κ3) is 3.67. The van der Waals surface area contributed by atoms with E-state index >= 15 is 0 Å². The van der Waals surface area contributed by atoms with Crippen molar-refractivity contribution in [3.05, 3.63) is 65.9 Å². The average molecular weight is 338 g/mol. The van der Waals surface area contributed by atoms with Gasteiger partial charge in [0.15, 0.2) is 0 Å². The first-order valence-corrected chi connectivity index (χ1v) is 8.40. The number of nitrogens with one attached hydrogen (secondary N) is 1. The molecule has 130 valence electrons. The van der Waals surface area contributed by atoms with Gasteiger partial charge in [0.2, 0.25) is 0 Å². The topological polar surface area (TPSA) is 74.5 Å². The van der Waals surface area contributed by atoms with Crippen LogP contribution in [0.25, 0.3) is 10.9 Å². The summed E-state index contributed by atoms with van der Waals surface area (Å²) in [4.78, 5) is 12.7. The Morgan fingerprint density at radius 3 is 2.56 bits per heavy atom. The van der Waals surface area contributed by atoms with Gasteiger partial charge in [-0.05, 0) is 43.2 Å². The number of aliphatic hydroxyl groups is 1. The Hall–Kier alpha value is -2.79. The standard InChI is InChI=1S/C20H22N2O3/c1-2-22-18-6-4-3-5-15(18)12-19(22)20(25)21-16(13-23)11-14-7-9-17(24)10-8-14/h3-10,12,16,23-24H,2,11,13H2,1H3,(H,21,25)/t16-/m0/s1. The smallest absolute Gasteiger partial charge is 0.268 e. The van der Waals surface area contributed by atoms with Crippen molar-refractivity contribution < 1.29 is 15.0 Å². The summed E-state index contributed by atoms with van der Waals surface area (Å²) in [6.45, 7) is 2.54. The number of carbonyl (C=O) groups is 1. The molecular formula is C20H22N2O3. The molecule has 0 aliphatic carbocycles. The molecule has 3 rings (SSSR count). The van der Waals surface area contributed by atoms with Crippen LogP contribution in [-0.2, 0) is 13.0 Å². The molecule has 0 aliphatic rings. The highest BCUT2D eigenvalue weighted by Crippen LogP contribution is 2.20. The number of hydrogen-bond donors (Lipinski definition) is 3. The second kappa shape index (κ2) is 7.40. The van der Waals surface area contributed by atoms with E-state index in [1.807, 2.05) is 41.8 Å². The summed E-state index contributed by atoms with van der Waals surface area (Å²) in [5.74, 6) is -0.00308. The van der Waals surface area contributed by atoms with Crippen LogP contribution < -0.4 is 5.32 Å². The molecule has 3 aromatic rings. The number of carbonyl (C=O) groups excluding carboxylic acids is 1. The van der Waals surface area contributed by atoms with Gasteiger partial charge in [-0.2, -0.15) is 0 Å². The van der Waals surface area contributed by atoms with E-state index in [1.54, 1.807) is 24.3 Å².